The van der Waals surface area contributed by atoms with Crippen LogP contribution in [-0.4, -0.2) is 14.8 Å². The molecule has 1 aliphatic carbocycles. The lowest BCUT2D eigenvalue weighted by atomic mass is 9.92. The second kappa shape index (κ2) is 4.70. The van der Waals surface area contributed by atoms with E-state index in [0.29, 0.717) is 12.0 Å². The van der Waals surface area contributed by atoms with Crippen LogP contribution in [0.2, 0.25) is 0 Å². The van der Waals surface area contributed by atoms with Crippen molar-refractivity contribution in [1.82, 2.24) is 14.8 Å². The molecule has 0 N–H and O–H groups in total. The average molecular weight is 227 g/mol. The number of hydrogen-bond donors (Lipinski definition) is 0. The minimum Gasteiger partial charge on any atom is -0.245 e. The third kappa shape index (κ3) is 2.09. The molecule has 0 bridgehead atoms. The van der Waals surface area contributed by atoms with Gasteiger partial charge in [0.15, 0.2) is 0 Å². The van der Waals surface area contributed by atoms with Gasteiger partial charge in [-0.3, -0.25) is 0 Å². The molecule has 3 heteroatoms. The van der Waals surface area contributed by atoms with Gasteiger partial charge in [0.25, 0.3) is 0 Å². The molecule has 1 heterocycles. The number of hydrogen-bond acceptors (Lipinski definition) is 2. The lowest BCUT2D eigenvalue weighted by Crippen LogP contribution is -2.19. The van der Waals surface area contributed by atoms with Gasteiger partial charge in [-0.25, -0.2) is 9.67 Å². The summed E-state index contributed by atoms with van der Waals surface area (Å²) in [6.07, 6.45) is 8.78. The summed E-state index contributed by atoms with van der Waals surface area (Å²) in [5.41, 5.74) is 1.35. The maximum Gasteiger partial charge on any atom is 0.137 e. The van der Waals surface area contributed by atoms with Crippen molar-refractivity contribution in [2.75, 3.05) is 0 Å². The van der Waals surface area contributed by atoms with Gasteiger partial charge in [0, 0.05) is 0 Å². The molecule has 1 unspecified atom stereocenters. The largest absolute Gasteiger partial charge is 0.245 e. The minimum absolute atomic E-state index is 0.362. The van der Waals surface area contributed by atoms with E-state index in [1.165, 1.54) is 31.2 Å². The van der Waals surface area contributed by atoms with Crippen LogP contribution in [0.4, 0.5) is 0 Å². The molecule has 1 aromatic carbocycles. The predicted molar refractivity (Wildman–Crippen MR) is 66.6 cm³/mol. The third-order valence-corrected chi connectivity index (χ3v) is 3.71. The van der Waals surface area contributed by atoms with Crippen molar-refractivity contribution >= 4 is 0 Å². The molecular weight excluding hydrogens is 210 g/mol. The Kier molecular flexibility index (Phi) is 2.90. The Morgan fingerprint density at radius 1 is 1.12 bits per heavy atom. The van der Waals surface area contributed by atoms with E-state index >= 15 is 0 Å². The van der Waals surface area contributed by atoms with E-state index in [9.17, 15) is 0 Å². The summed E-state index contributed by atoms with van der Waals surface area (Å²) >= 11 is 0. The van der Waals surface area contributed by atoms with E-state index < -0.39 is 0 Å². The van der Waals surface area contributed by atoms with E-state index in [1.807, 2.05) is 11.0 Å². The molecule has 3 nitrogen and oxygen atoms in total. The summed E-state index contributed by atoms with van der Waals surface area (Å²) in [7, 11) is 0. The quantitative estimate of drug-likeness (QED) is 0.806. The van der Waals surface area contributed by atoms with Crippen molar-refractivity contribution in [3.8, 4) is 0 Å². The average Bonchev–Trinajstić information content (AvgIpc) is 3.04. The standard InChI is InChI=1S/C14H17N3/c1-2-6-12(7-3-1)14(13-8-4-5-9-13)17-11-15-10-16-17/h1-3,6-7,10-11,13-14H,4-5,8-9H2. The second-order valence-electron chi connectivity index (χ2n) is 4.78. The number of nitrogens with zero attached hydrogens (tertiary/aromatic N) is 3. The number of rotatable bonds is 3. The van der Waals surface area contributed by atoms with Gasteiger partial charge < -0.3 is 0 Å². The van der Waals surface area contributed by atoms with Crippen LogP contribution in [0, 0.1) is 5.92 Å². The van der Waals surface area contributed by atoms with Crippen molar-refractivity contribution in [1.29, 1.82) is 0 Å². The van der Waals surface area contributed by atoms with E-state index in [0.717, 1.165) is 0 Å². The van der Waals surface area contributed by atoms with Crippen molar-refractivity contribution in [2.45, 2.75) is 31.7 Å². The van der Waals surface area contributed by atoms with Gasteiger partial charge in [-0.1, -0.05) is 43.2 Å². The number of benzene rings is 1. The molecule has 1 aromatic heterocycles. The van der Waals surface area contributed by atoms with Gasteiger partial charge in [-0.05, 0) is 24.3 Å². The highest BCUT2D eigenvalue weighted by molar-refractivity contribution is 5.20. The van der Waals surface area contributed by atoms with Crippen LogP contribution in [0.3, 0.4) is 0 Å². The molecule has 0 spiro atoms. The molecule has 1 saturated carbocycles. The highest BCUT2D eigenvalue weighted by Crippen LogP contribution is 2.37. The Hall–Kier alpha value is -1.64. The molecule has 1 aliphatic rings. The summed E-state index contributed by atoms with van der Waals surface area (Å²) in [5.74, 6) is 0.707. The highest BCUT2D eigenvalue weighted by atomic mass is 15.3. The monoisotopic (exact) mass is 227 g/mol. The van der Waals surface area contributed by atoms with Crippen LogP contribution in [0.25, 0.3) is 0 Å². The van der Waals surface area contributed by atoms with Crippen molar-refractivity contribution in [2.24, 2.45) is 5.92 Å². The molecule has 1 atom stereocenters. The van der Waals surface area contributed by atoms with Crippen LogP contribution in [0.5, 0.6) is 0 Å². The molecule has 2 aromatic rings. The van der Waals surface area contributed by atoms with E-state index in [-0.39, 0.29) is 0 Å². The first-order chi connectivity index (χ1) is 8.45. The lowest BCUT2D eigenvalue weighted by molar-refractivity contribution is 0.358. The Morgan fingerprint density at radius 3 is 2.53 bits per heavy atom. The van der Waals surface area contributed by atoms with Gasteiger partial charge in [-0.2, -0.15) is 5.10 Å². The summed E-state index contributed by atoms with van der Waals surface area (Å²) in [5, 5.41) is 4.34. The molecule has 0 radical (unpaired) electrons. The van der Waals surface area contributed by atoms with Crippen LogP contribution in [0.1, 0.15) is 37.3 Å². The first kappa shape index (κ1) is 10.5. The smallest absolute Gasteiger partial charge is 0.137 e. The Balaban J connectivity index is 1.96. The van der Waals surface area contributed by atoms with Crippen molar-refractivity contribution in [3.63, 3.8) is 0 Å². The molecule has 3 rings (SSSR count). The van der Waals surface area contributed by atoms with E-state index in [4.69, 9.17) is 0 Å². The zero-order valence-corrected chi connectivity index (χ0v) is 9.87. The van der Waals surface area contributed by atoms with Crippen molar-refractivity contribution in [3.05, 3.63) is 48.5 Å². The third-order valence-electron chi connectivity index (χ3n) is 3.71. The molecular formula is C14H17N3. The van der Waals surface area contributed by atoms with Crippen molar-refractivity contribution < 1.29 is 0 Å². The molecule has 17 heavy (non-hydrogen) atoms. The molecule has 1 fully saturated rings. The summed E-state index contributed by atoms with van der Waals surface area (Å²) in [6, 6.07) is 11.0. The van der Waals surface area contributed by atoms with E-state index in [1.54, 1.807) is 6.33 Å². The first-order valence-corrected chi connectivity index (χ1v) is 6.34. The van der Waals surface area contributed by atoms with E-state index in [2.05, 4.69) is 40.4 Å². The molecule has 0 aliphatic heterocycles. The zero-order valence-electron chi connectivity index (χ0n) is 9.87. The van der Waals surface area contributed by atoms with Crippen LogP contribution < -0.4 is 0 Å². The van der Waals surface area contributed by atoms with Crippen LogP contribution in [-0.2, 0) is 0 Å². The molecule has 0 saturated heterocycles. The first-order valence-electron chi connectivity index (χ1n) is 6.34. The van der Waals surface area contributed by atoms with Crippen LogP contribution in [0.15, 0.2) is 43.0 Å². The maximum absolute atomic E-state index is 4.34. The van der Waals surface area contributed by atoms with Gasteiger partial charge >= 0.3 is 0 Å². The summed E-state index contributed by atoms with van der Waals surface area (Å²) < 4.78 is 2.02. The highest BCUT2D eigenvalue weighted by Gasteiger charge is 2.28. The summed E-state index contributed by atoms with van der Waals surface area (Å²) in [4.78, 5) is 4.09. The molecule has 88 valence electrons. The fraction of sp³-hybridized carbons (Fsp3) is 0.429. The summed E-state index contributed by atoms with van der Waals surface area (Å²) in [6.45, 7) is 0. The lowest BCUT2D eigenvalue weighted by Gasteiger charge is -2.23. The second-order valence-corrected chi connectivity index (χ2v) is 4.78. The topological polar surface area (TPSA) is 30.7 Å². The Labute approximate surface area is 101 Å². The number of aromatic nitrogens is 3. The predicted octanol–water partition coefficient (Wildman–Crippen LogP) is 3.06. The molecule has 0 amide bonds. The van der Waals surface area contributed by atoms with Gasteiger partial charge in [0.1, 0.15) is 12.7 Å². The van der Waals surface area contributed by atoms with Gasteiger partial charge in [0.05, 0.1) is 6.04 Å². The Morgan fingerprint density at radius 2 is 1.88 bits per heavy atom. The zero-order chi connectivity index (χ0) is 11.5. The Bertz CT molecular complexity index is 444. The SMILES string of the molecule is c1ccc(C(C2CCCC2)n2cncn2)cc1. The van der Waals surface area contributed by atoms with Gasteiger partial charge in [0.2, 0.25) is 0 Å². The maximum atomic E-state index is 4.34. The van der Waals surface area contributed by atoms with Gasteiger partial charge in [-0.15, -0.1) is 0 Å². The normalized spacial score (nSPS) is 18.4. The fourth-order valence-electron chi connectivity index (χ4n) is 2.93. The van der Waals surface area contributed by atoms with Crippen LogP contribution >= 0.6 is 0 Å². The minimum atomic E-state index is 0.362. The fourth-order valence-corrected chi connectivity index (χ4v) is 2.93.